The van der Waals surface area contributed by atoms with Crippen LogP contribution < -0.4 is 14.2 Å². The SMILES string of the molecule is Cc1ccc([Se]c2cc3c(nc2-c2ccc(F)cc2)NCCC3)cc1. The van der Waals surface area contributed by atoms with E-state index in [0.29, 0.717) is 0 Å². The quantitative estimate of drug-likeness (QED) is 0.687. The summed E-state index contributed by atoms with van der Waals surface area (Å²) in [6, 6.07) is 17.7. The summed E-state index contributed by atoms with van der Waals surface area (Å²) < 4.78 is 15.9. The number of benzene rings is 2. The molecular formula is C21H19FN2Se. The van der Waals surface area contributed by atoms with E-state index in [1.165, 1.54) is 32.2 Å². The monoisotopic (exact) mass is 398 g/mol. The molecule has 4 heteroatoms. The molecule has 3 aromatic rings. The van der Waals surface area contributed by atoms with Crippen molar-refractivity contribution >= 4 is 29.7 Å². The molecule has 2 heterocycles. The Hall–Kier alpha value is -2.16. The number of nitrogens with one attached hydrogen (secondary N) is 1. The molecule has 4 rings (SSSR count). The molecule has 1 aliphatic rings. The summed E-state index contributed by atoms with van der Waals surface area (Å²) in [6.45, 7) is 3.07. The van der Waals surface area contributed by atoms with Crippen LogP contribution in [0.4, 0.5) is 10.2 Å². The molecule has 0 atom stereocenters. The van der Waals surface area contributed by atoms with Crippen LogP contribution in [0.25, 0.3) is 11.3 Å². The maximum absolute atomic E-state index is 13.3. The molecule has 0 aliphatic carbocycles. The van der Waals surface area contributed by atoms with Crippen molar-refractivity contribution in [2.24, 2.45) is 0 Å². The summed E-state index contributed by atoms with van der Waals surface area (Å²) in [5.41, 5.74) is 4.50. The first-order chi connectivity index (χ1) is 12.2. The van der Waals surface area contributed by atoms with Gasteiger partial charge in [0.05, 0.1) is 0 Å². The Kier molecular flexibility index (Phi) is 4.56. The number of halogens is 1. The van der Waals surface area contributed by atoms with Gasteiger partial charge in [-0.15, -0.1) is 0 Å². The minimum absolute atomic E-state index is 0.164. The fourth-order valence-electron chi connectivity index (χ4n) is 2.99. The maximum atomic E-state index is 13.3. The zero-order chi connectivity index (χ0) is 17.2. The Morgan fingerprint density at radius 1 is 1.04 bits per heavy atom. The zero-order valence-corrected chi connectivity index (χ0v) is 15.8. The first-order valence-electron chi connectivity index (χ1n) is 8.47. The molecule has 0 saturated carbocycles. The van der Waals surface area contributed by atoms with Crippen LogP contribution >= 0.6 is 0 Å². The third kappa shape index (κ3) is 3.60. The Morgan fingerprint density at radius 2 is 1.80 bits per heavy atom. The molecule has 2 aromatic carbocycles. The van der Waals surface area contributed by atoms with Crippen molar-refractivity contribution in [2.45, 2.75) is 19.8 Å². The summed E-state index contributed by atoms with van der Waals surface area (Å²) in [6.07, 6.45) is 2.21. The second-order valence-electron chi connectivity index (χ2n) is 6.30. The molecular weight excluding hydrogens is 378 g/mol. The number of fused-ring (bicyclic) bond motifs is 1. The van der Waals surface area contributed by atoms with Crippen LogP contribution in [-0.2, 0) is 6.42 Å². The second kappa shape index (κ2) is 6.99. The van der Waals surface area contributed by atoms with Crippen molar-refractivity contribution in [3.63, 3.8) is 0 Å². The van der Waals surface area contributed by atoms with E-state index in [-0.39, 0.29) is 20.8 Å². The van der Waals surface area contributed by atoms with E-state index in [1.807, 2.05) is 12.1 Å². The van der Waals surface area contributed by atoms with Crippen LogP contribution in [0, 0.1) is 12.7 Å². The van der Waals surface area contributed by atoms with Gasteiger partial charge in [-0.25, -0.2) is 0 Å². The molecule has 1 aromatic heterocycles. The zero-order valence-electron chi connectivity index (χ0n) is 14.1. The van der Waals surface area contributed by atoms with Crippen molar-refractivity contribution in [2.75, 3.05) is 11.9 Å². The topological polar surface area (TPSA) is 24.9 Å². The van der Waals surface area contributed by atoms with Crippen LogP contribution in [0.3, 0.4) is 0 Å². The van der Waals surface area contributed by atoms with Gasteiger partial charge in [0.2, 0.25) is 0 Å². The normalized spacial score (nSPS) is 13.2. The van der Waals surface area contributed by atoms with Crippen molar-refractivity contribution in [1.29, 1.82) is 0 Å². The van der Waals surface area contributed by atoms with E-state index in [9.17, 15) is 4.39 Å². The van der Waals surface area contributed by atoms with E-state index in [4.69, 9.17) is 4.98 Å². The molecule has 2 nitrogen and oxygen atoms in total. The van der Waals surface area contributed by atoms with Gasteiger partial charge in [-0.2, -0.15) is 0 Å². The number of nitrogens with zero attached hydrogens (tertiary/aromatic N) is 1. The predicted molar refractivity (Wildman–Crippen MR) is 103 cm³/mol. The van der Waals surface area contributed by atoms with Gasteiger partial charge in [0.1, 0.15) is 0 Å². The molecule has 0 saturated heterocycles. The van der Waals surface area contributed by atoms with Gasteiger partial charge in [-0.1, -0.05) is 0 Å². The number of pyridine rings is 1. The van der Waals surface area contributed by atoms with Crippen LogP contribution in [0.2, 0.25) is 0 Å². The van der Waals surface area contributed by atoms with Gasteiger partial charge in [-0.3, -0.25) is 0 Å². The van der Waals surface area contributed by atoms with Crippen LogP contribution in [-0.4, -0.2) is 26.5 Å². The van der Waals surface area contributed by atoms with Gasteiger partial charge < -0.3 is 0 Å². The average Bonchev–Trinajstić information content (AvgIpc) is 2.64. The van der Waals surface area contributed by atoms with Crippen molar-refractivity contribution in [3.05, 3.63) is 71.5 Å². The average molecular weight is 397 g/mol. The van der Waals surface area contributed by atoms with E-state index < -0.39 is 0 Å². The van der Waals surface area contributed by atoms with Gasteiger partial charge >= 0.3 is 153 Å². The molecule has 0 bridgehead atoms. The van der Waals surface area contributed by atoms with Crippen LogP contribution in [0.5, 0.6) is 0 Å². The number of aromatic nitrogens is 1. The number of hydrogen-bond donors (Lipinski definition) is 1. The Morgan fingerprint density at radius 3 is 2.56 bits per heavy atom. The molecule has 1 N–H and O–H groups in total. The summed E-state index contributed by atoms with van der Waals surface area (Å²) in [5.74, 6) is 0.763. The number of rotatable bonds is 3. The van der Waals surface area contributed by atoms with Gasteiger partial charge in [0, 0.05) is 0 Å². The molecule has 0 fully saturated rings. The minimum atomic E-state index is -0.217. The summed E-state index contributed by atoms with van der Waals surface area (Å²) in [5, 5.41) is 3.40. The van der Waals surface area contributed by atoms with E-state index in [2.05, 4.69) is 42.6 Å². The Balaban J connectivity index is 1.79. The standard InChI is InChI=1S/C21H19FN2Se/c1-14-4-10-18(11-5-14)25-19-13-16-3-2-12-23-21(16)24-20(19)15-6-8-17(22)9-7-15/h4-11,13H,2-3,12H2,1H3,(H,23,24). The first-order valence-corrected chi connectivity index (χ1v) is 10.2. The summed E-state index contributed by atoms with van der Waals surface area (Å²) in [7, 11) is 0. The first kappa shape index (κ1) is 16.3. The number of aryl methyl sites for hydroxylation is 2. The molecule has 0 spiro atoms. The third-order valence-electron chi connectivity index (χ3n) is 4.35. The van der Waals surface area contributed by atoms with Gasteiger partial charge in [0.15, 0.2) is 0 Å². The van der Waals surface area contributed by atoms with E-state index in [1.54, 1.807) is 0 Å². The van der Waals surface area contributed by atoms with E-state index in [0.717, 1.165) is 36.5 Å². The van der Waals surface area contributed by atoms with E-state index >= 15 is 0 Å². The summed E-state index contributed by atoms with van der Waals surface area (Å²) >= 11 is 0.164. The third-order valence-corrected chi connectivity index (χ3v) is 6.53. The second-order valence-corrected chi connectivity index (χ2v) is 8.64. The fourth-order valence-corrected chi connectivity index (χ4v) is 5.06. The van der Waals surface area contributed by atoms with Crippen molar-refractivity contribution in [1.82, 2.24) is 4.98 Å². The Labute approximate surface area is 153 Å². The fraction of sp³-hybridized carbons (Fsp3) is 0.190. The van der Waals surface area contributed by atoms with Crippen LogP contribution in [0.15, 0.2) is 54.6 Å². The van der Waals surface area contributed by atoms with Gasteiger partial charge in [0.25, 0.3) is 0 Å². The predicted octanol–water partition coefficient (Wildman–Crippen LogP) is 3.21. The molecule has 0 unspecified atom stereocenters. The number of hydrogen-bond acceptors (Lipinski definition) is 2. The van der Waals surface area contributed by atoms with Gasteiger partial charge in [-0.05, 0) is 0 Å². The molecule has 126 valence electrons. The molecule has 25 heavy (non-hydrogen) atoms. The number of anilines is 1. The molecule has 0 amide bonds. The Bertz CT molecular complexity index is 889. The molecule has 1 aliphatic heterocycles. The van der Waals surface area contributed by atoms with Crippen LogP contribution in [0.1, 0.15) is 17.5 Å². The van der Waals surface area contributed by atoms with Crippen molar-refractivity contribution in [3.8, 4) is 11.3 Å². The molecule has 0 radical (unpaired) electrons. The summed E-state index contributed by atoms with van der Waals surface area (Å²) in [4.78, 5) is 4.91. The van der Waals surface area contributed by atoms with Crippen molar-refractivity contribution < 1.29 is 4.39 Å².